The van der Waals surface area contributed by atoms with E-state index in [0.717, 1.165) is 62.3 Å². The first-order valence-electron chi connectivity index (χ1n) is 21.2. The Morgan fingerprint density at radius 2 is 0.885 bits per heavy atom. The fourth-order valence-electron chi connectivity index (χ4n) is 9.69. The smallest absolute Gasteiger partial charge is 0.143 e. The fraction of sp³-hybridized carbons (Fsp3) is 0.0508. The molecule has 0 spiro atoms. The first kappa shape index (κ1) is 35.3. The highest BCUT2D eigenvalue weighted by molar-refractivity contribution is 6.12. The van der Waals surface area contributed by atoms with E-state index < -0.39 is 0 Å². The quantitative estimate of drug-likeness (QED) is 0.153. The highest BCUT2D eigenvalue weighted by Gasteiger charge is 2.19. The number of hydrogen-bond acceptors (Lipinski definition) is 2. The second-order valence-corrected chi connectivity index (χ2v) is 16.3. The summed E-state index contributed by atoms with van der Waals surface area (Å²) < 4.78 is 12.7. The molecular weight excluding hydrogens is 741 g/mol. The summed E-state index contributed by atoms with van der Waals surface area (Å²) in [7, 11) is 0. The molecule has 0 radical (unpaired) electrons. The number of benzene rings is 10. The maximum atomic E-state index is 6.51. The van der Waals surface area contributed by atoms with Crippen LogP contribution in [0.1, 0.15) is 29.0 Å². The minimum atomic E-state index is 0.197. The van der Waals surface area contributed by atoms with Crippen LogP contribution >= 0.6 is 0 Å². The Morgan fingerprint density at radius 1 is 0.328 bits per heavy atom. The van der Waals surface area contributed by atoms with Gasteiger partial charge in [0.1, 0.15) is 22.3 Å². The maximum Gasteiger partial charge on any atom is 0.143 e. The molecule has 0 aliphatic rings. The van der Waals surface area contributed by atoms with E-state index in [0.29, 0.717) is 0 Å². The SMILES string of the molecule is c1ccc2cc(-c3ccc([C@H](CCc4ccc(-c5cccc6c5oc5ccccc56)c5ccccc45)c4ccc(-c5ccc6oc7ccccc7c6c5)cc4)cc3)ccc2c1. The van der Waals surface area contributed by atoms with Crippen molar-refractivity contribution in [2.45, 2.75) is 18.8 Å². The second kappa shape index (κ2) is 14.5. The normalized spacial score (nSPS) is 12.3. The Bertz CT molecular complexity index is 3590. The third kappa shape index (κ3) is 6.19. The van der Waals surface area contributed by atoms with Gasteiger partial charge in [0.05, 0.1) is 0 Å². The first-order chi connectivity index (χ1) is 30.2. The third-order valence-corrected chi connectivity index (χ3v) is 12.8. The molecule has 288 valence electrons. The van der Waals surface area contributed by atoms with E-state index in [2.05, 4.69) is 194 Å². The summed E-state index contributed by atoms with van der Waals surface area (Å²) in [6.07, 6.45) is 1.89. The zero-order chi connectivity index (χ0) is 40.3. The zero-order valence-corrected chi connectivity index (χ0v) is 33.5. The van der Waals surface area contributed by atoms with Gasteiger partial charge in [-0.05, 0) is 109 Å². The van der Waals surface area contributed by atoms with Gasteiger partial charge in [0, 0.05) is 33.0 Å². The minimum absolute atomic E-state index is 0.197. The Kier molecular flexibility index (Phi) is 8.41. The summed E-state index contributed by atoms with van der Waals surface area (Å²) in [5, 5.41) is 9.65. The van der Waals surface area contributed by atoms with E-state index in [1.54, 1.807) is 0 Å². The average molecular weight is 781 g/mol. The standard InChI is InChI=1S/C59H40O2/c1-2-11-44-36-45(29-24-38(44)10-1)39-20-25-41(26-21-39)47(42-27-22-40(23-28-42)46-32-35-58-55(37-46)52-15-6-7-18-56(52)60-58)33-30-43-31-34-50(49-13-4-3-12-48(43)49)53-16-9-17-54-51-14-5-8-19-57(51)61-59(53)54/h1-29,31-32,34-37,47H,30,33H2/t47-/m0/s1. The van der Waals surface area contributed by atoms with Crippen LogP contribution in [0.4, 0.5) is 0 Å². The van der Waals surface area contributed by atoms with Crippen LogP contribution in [0.2, 0.25) is 0 Å². The van der Waals surface area contributed by atoms with Gasteiger partial charge in [0.15, 0.2) is 0 Å². The molecule has 0 saturated heterocycles. The van der Waals surface area contributed by atoms with Crippen LogP contribution in [0, 0.1) is 0 Å². The molecule has 0 N–H and O–H groups in total. The number of furan rings is 2. The van der Waals surface area contributed by atoms with E-state index in [1.165, 1.54) is 66.1 Å². The summed E-state index contributed by atoms with van der Waals surface area (Å²) in [5.74, 6) is 0.197. The number of rotatable bonds is 8. The molecule has 2 heterocycles. The molecule has 2 aromatic heterocycles. The summed E-state index contributed by atoms with van der Waals surface area (Å²) in [6, 6.07) is 77.1. The molecule has 1 atom stereocenters. The van der Waals surface area contributed by atoms with Crippen molar-refractivity contribution < 1.29 is 8.83 Å². The van der Waals surface area contributed by atoms with Gasteiger partial charge >= 0.3 is 0 Å². The lowest BCUT2D eigenvalue weighted by Gasteiger charge is -2.20. The molecule has 12 rings (SSSR count). The minimum Gasteiger partial charge on any atom is -0.456 e. The van der Waals surface area contributed by atoms with Crippen molar-refractivity contribution in [2.24, 2.45) is 0 Å². The fourth-order valence-corrected chi connectivity index (χ4v) is 9.69. The molecular formula is C59H40O2. The predicted molar refractivity (Wildman–Crippen MR) is 255 cm³/mol. The molecule has 0 fully saturated rings. The van der Waals surface area contributed by atoms with Crippen LogP contribution in [0.25, 0.3) is 98.8 Å². The van der Waals surface area contributed by atoms with Crippen molar-refractivity contribution in [3.63, 3.8) is 0 Å². The monoisotopic (exact) mass is 780 g/mol. The molecule has 0 bridgehead atoms. The number of aryl methyl sites for hydroxylation is 1. The zero-order valence-electron chi connectivity index (χ0n) is 33.5. The predicted octanol–water partition coefficient (Wildman–Crippen LogP) is 16.6. The molecule has 0 aliphatic carbocycles. The average Bonchev–Trinajstić information content (AvgIpc) is 3.90. The molecule has 0 saturated carbocycles. The van der Waals surface area contributed by atoms with Gasteiger partial charge < -0.3 is 8.83 Å². The van der Waals surface area contributed by atoms with Crippen molar-refractivity contribution in [1.29, 1.82) is 0 Å². The Morgan fingerprint density at radius 3 is 1.64 bits per heavy atom. The molecule has 0 aliphatic heterocycles. The van der Waals surface area contributed by atoms with Gasteiger partial charge in [-0.25, -0.2) is 0 Å². The van der Waals surface area contributed by atoms with Gasteiger partial charge in [0.25, 0.3) is 0 Å². The number of hydrogen-bond donors (Lipinski definition) is 0. The molecule has 61 heavy (non-hydrogen) atoms. The van der Waals surface area contributed by atoms with Crippen molar-refractivity contribution in [1.82, 2.24) is 0 Å². The lowest BCUT2D eigenvalue weighted by molar-refractivity contribution is 0.669. The van der Waals surface area contributed by atoms with Crippen LogP contribution in [-0.4, -0.2) is 0 Å². The largest absolute Gasteiger partial charge is 0.456 e. The Hall–Kier alpha value is -7.68. The van der Waals surface area contributed by atoms with Gasteiger partial charge in [0.2, 0.25) is 0 Å². The van der Waals surface area contributed by atoms with Gasteiger partial charge in [-0.3, -0.25) is 0 Å². The van der Waals surface area contributed by atoms with E-state index in [-0.39, 0.29) is 5.92 Å². The van der Waals surface area contributed by atoms with E-state index >= 15 is 0 Å². The van der Waals surface area contributed by atoms with Crippen molar-refractivity contribution in [2.75, 3.05) is 0 Å². The van der Waals surface area contributed by atoms with Crippen LogP contribution in [0.5, 0.6) is 0 Å². The van der Waals surface area contributed by atoms with E-state index in [1.807, 2.05) is 18.2 Å². The summed E-state index contributed by atoms with van der Waals surface area (Å²) in [5.41, 5.74) is 14.9. The molecule has 0 amide bonds. The van der Waals surface area contributed by atoms with Crippen LogP contribution < -0.4 is 0 Å². The lowest BCUT2D eigenvalue weighted by atomic mass is 9.84. The van der Waals surface area contributed by atoms with Gasteiger partial charge in [-0.1, -0.05) is 182 Å². The van der Waals surface area contributed by atoms with Crippen molar-refractivity contribution in [3.8, 4) is 33.4 Å². The first-order valence-corrected chi connectivity index (χ1v) is 21.2. The van der Waals surface area contributed by atoms with Gasteiger partial charge in [-0.15, -0.1) is 0 Å². The molecule has 2 heteroatoms. The third-order valence-electron chi connectivity index (χ3n) is 12.8. The molecule has 0 unspecified atom stereocenters. The topological polar surface area (TPSA) is 26.3 Å². The molecule has 10 aromatic carbocycles. The summed E-state index contributed by atoms with van der Waals surface area (Å²) in [6.45, 7) is 0. The summed E-state index contributed by atoms with van der Waals surface area (Å²) in [4.78, 5) is 0. The van der Waals surface area contributed by atoms with Crippen LogP contribution in [0.15, 0.2) is 221 Å². The molecule has 2 nitrogen and oxygen atoms in total. The van der Waals surface area contributed by atoms with Crippen LogP contribution in [-0.2, 0) is 6.42 Å². The Labute approximate surface area is 353 Å². The number of para-hydroxylation sites is 3. The summed E-state index contributed by atoms with van der Waals surface area (Å²) >= 11 is 0. The second-order valence-electron chi connectivity index (χ2n) is 16.3. The molecule has 12 aromatic rings. The Balaban J connectivity index is 0.906. The lowest BCUT2D eigenvalue weighted by Crippen LogP contribution is -2.04. The van der Waals surface area contributed by atoms with Crippen molar-refractivity contribution in [3.05, 3.63) is 229 Å². The highest BCUT2D eigenvalue weighted by atomic mass is 16.3. The van der Waals surface area contributed by atoms with Crippen molar-refractivity contribution >= 4 is 65.4 Å². The van der Waals surface area contributed by atoms with Crippen LogP contribution in [0.3, 0.4) is 0 Å². The van der Waals surface area contributed by atoms with E-state index in [4.69, 9.17) is 8.83 Å². The van der Waals surface area contributed by atoms with Gasteiger partial charge in [-0.2, -0.15) is 0 Å². The number of fused-ring (bicyclic) bond motifs is 8. The maximum absolute atomic E-state index is 6.51. The van der Waals surface area contributed by atoms with E-state index in [9.17, 15) is 0 Å². The highest BCUT2D eigenvalue weighted by Crippen LogP contribution is 2.41.